The normalized spacial score (nSPS) is 10.0. The van der Waals surface area contributed by atoms with Crippen molar-refractivity contribution < 1.29 is 4.42 Å². The maximum absolute atomic E-state index is 8.66. The average Bonchev–Trinajstić information content (AvgIpc) is 2.79. The lowest BCUT2D eigenvalue weighted by Crippen LogP contribution is -1.99. The number of hydrogen-bond acceptors (Lipinski definition) is 4. The third-order valence-corrected chi connectivity index (χ3v) is 2.38. The summed E-state index contributed by atoms with van der Waals surface area (Å²) in [4.78, 5) is 8.08. The molecule has 0 aliphatic carbocycles. The van der Waals surface area contributed by atoms with Crippen LogP contribution in [0.2, 0.25) is 5.15 Å². The molecule has 2 aromatic rings. The number of hydrogen-bond donors (Lipinski definition) is 0. The van der Waals surface area contributed by atoms with Gasteiger partial charge in [-0.1, -0.05) is 11.6 Å². The number of nitrogens with zero attached hydrogens (tertiary/aromatic N) is 3. The summed E-state index contributed by atoms with van der Waals surface area (Å²) >= 11 is 5.79. The second kappa shape index (κ2) is 4.77. The molecule has 4 nitrogen and oxygen atoms in total. The molecule has 0 aliphatic rings. The lowest BCUT2D eigenvalue weighted by Gasteiger charge is -1.99. The van der Waals surface area contributed by atoms with Gasteiger partial charge in [0.15, 0.2) is 5.15 Å². The van der Waals surface area contributed by atoms with Gasteiger partial charge in [0.2, 0.25) is 0 Å². The maximum Gasteiger partial charge on any atom is 0.150 e. The van der Waals surface area contributed by atoms with Gasteiger partial charge in [-0.2, -0.15) is 5.26 Å². The number of rotatable bonds is 3. The van der Waals surface area contributed by atoms with E-state index < -0.39 is 0 Å². The highest BCUT2D eigenvalue weighted by molar-refractivity contribution is 6.30. The van der Waals surface area contributed by atoms with Gasteiger partial charge < -0.3 is 4.42 Å². The zero-order valence-corrected chi connectivity index (χ0v) is 9.11. The predicted molar refractivity (Wildman–Crippen MR) is 57.9 cm³/mol. The highest BCUT2D eigenvalue weighted by Crippen LogP contribution is 2.11. The first-order chi connectivity index (χ1) is 7.79. The lowest BCUT2D eigenvalue weighted by molar-refractivity contribution is 0.506. The zero-order chi connectivity index (χ0) is 11.4. The number of aryl methyl sites for hydroxylation is 2. The van der Waals surface area contributed by atoms with Crippen molar-refractivity contribution in [2.45, 2.75) is 12.8 Å². The fourth-order valence-corrected chi connectivity index (χ4v) is 1.47. The summed E-state index contributed by atoms with van der Waals surface area (Å²) in [6.45, 7) is 0. The molecular formula is C11H8ClN3O. The SMILES string of the molecule is N#Cc1cnc(CCc2ccco2)nc1Cl. The van der Waals surface area contributed by atoms with E-state index in [4.69, 9.17) is 21.3 Å². The standard InChI is InChI=1S/C11H8ClN3O/c12-11-8(6-13)7-14-10(15-11)4-3-9-2-1-5-16-9/h1-2,5,7H,3-4H2. The molecule has 0 saturated carbocycles. The second-order valence-corrected chi connectivity index (χ2v) is 3.54. The smallest absolute Gasteiger partial charge is 0.150 e. The van der Waals surface area contributed by atoms with Crippen LogP contribution in [0.4, 0.5) is 0 Å². The van der Waals surface area contributed by atoms with Crippen molar-refractivity contribution in [3.8, 4) is 6.07 Å². The van der Waals surface area contributed by atoms with E-state index >= 15 is 0 Å². The first-order valence-corrected chi connectivity index (χ1v) is 5.11. The largest absolute Gasteiger partial charge is 0.469 e. The van der Waals surface area contributed by atoms with Crippen molar-refractivity contribution in [2.75, 3.05) is 0 Å². The van der Waals surface area contributed by atoms with Gasteiger partial charge in [0.05, 0.1) is 6.26 Å². The molecule has 0 N–H and O–H groups in total. The molecule has 0 fully saturated rings. The molecule has 0 spiro atoms. The fraction of sp³-hybridized carbons (Fsp3) is 0.182. The van der Waals surface area contributed by atoms with E-state index in [1.54, 1.807) is 6.26 Å². The highest BCUT2D eigenvalue weighted by Gasteiger charge is 2.05. The van der Waals surface area contributed by atoms with E-state index in [2.05, 4.69) is 9.97 Å². The fourth-order valence-electron chi connectivity index (χ4n) is 1.28. The van der Waals surface area contributed by atoms with Crippen molar-refractivity contribution in [3.05, 3.63) is 46.9 Å². The average molecular weight is 234 g/mol. The molecule has 0 radical (unpaired) electrons. The maximum atomic E-state index is 8.66. The Labute approximate surface area is 97.5 Å². The van der Waals surface area contributed by atoms with Gasteiger partial charge in [-0.15, -0.1) is 0 Å². The molecule has 0 unspecified atom stereocenters. The molecular weight excluding hydrogens is 226 g/mol. The van der Waals surface area contributed by atoms with Gasteiger partial charge in [-0.3, -0.25) is 0 Å². The number of aromatic nitrogens is 2. The van der Waals surface area contributed by atoms with E-state index in [1.807, 2.05) is 18.2 Å². The summed E-state index contributed by atoms with van der Waals surface area (Å²) in [6, 6.07) is 5.65. The van der Waals surface area contributed by atoms with Crippen LogP contribution >= 0.6 is 11.6 Å². The van der Waals surface area contributed by atoms with Crippen molar-refractivity contribution in [3.63, 3.8) is 0 Å². The Morgan fingerprint density at radius 3 is 2.94 bits per heavy atom. The molecule has 0 atom stereocenters. The van der Waals surface area contributed by atoms with Crippen LogP contribution < -0.4 is 0 Å². The molecule has 2 aromatic heterocycles. The van der Waals surface area contributed by atoms with Crippen LogP contribution in [-0.4, -0.2) is 9.97 Å². The molecule has 16 heavy (non-hydrogen) atoms. The van der Waals surface area contributed by atoms with E-state index in [0.29, 0.717) is 17.8 Å². The minimum atomic E-state index is 0.201. The minimum Gasteiger partial charge on any atom is -0.469 e. The van der Waals surface area contributed by atoms with Crippen LogP contribution in [0.1, 0.15) is 17.1 Å². The van der Waals surface area contributed by atoms with Gasteiger partial charge >= 0.3 is 0 Å². The van der Waals surface area contributed by atoms with Crippen LogP contribution in [0.15, 0.2) is 29.0 Å². The molecule has 0 aliphatic heterocycles. The first kappa shape index (κ1) is 10.7. The number of furan rings is 1. The number of halogens is 1. The van der Waals surface area contributed by atoms with Crippen LogP contribution in [-0.2, 0) is 12.8 Å². The first-order valence-electron chi connectivity index (χ1n) is 4.73. The van der Waals surface area contributed by atoms with Crippen LogP contribution in [0.3, 0.4) is 0 Å². The molecule has 0 saturated heterocycles. The minimum absolute atomic E-state index is 0.201. The van der Waals surface area contributed by atoms with Crippen LogP contribution in [0.25, 0.3) is 0 Å². The van der Waals surface area contributed by atoms with Crippen molar-refractivity contribution in [1.29, 1.82) is 5.26 Å². The molecule has 0 aromatic carbocycles. The molecule has 5 heteroatoms. The summed E-state index contributed by atoms with van der Waals surface area (Å²) in [5, 5.41) is 8.86. The Morgan fingerprint density at radius 1 is 1.44 bits per heavy atom. The van der Waals surface area contributed by atoms with Gasteiger partial charge in [-0.05, 0) is 12.1 Å². The summed E-state index contributed by atoms with van der Waals surface area (Å²) in [5.74, 6) is 1.49. The molecule has 0 amide bonds. The monoisotopic (exact) mass is 233 g/mol. The van der Waals surface area contributed by atoms with Crippen molar-refractivity contribution >= 4 is 11.6 Å². The Morgan fingerprint density at radius 2 is 2.31 bits per heavy atom. The van der Waals surface area contributed by atoms with E-state index in [9.17, 15) is 0 Å². The Bertz CT molecular complexity index is 517. The molecule has 80 valence electrons. The highest BCUT2D eigenvalue weighted by atomic mass is 35.5. The number of nitriles is 1. The van der Waals surface area contributed by atoms with Crippen molar-refractivity contribution in [1.82, 2.24) is 9.97 Å². The summed E-state index contributed by atoms with van der Waals surface area (Å²) in [6.07, 6.45) is 4.42. The van der Waals surface area contributed by atoms with Gasteiger partial charge in [-0.25, -0.2) is 9.97 Å². The third-order valence-electron chi connectivity index (χ3n) is 2.09. The third kappa shape index (κ3) is 2.38. The second-order valence-electron chi connectivity index (χ2n) is 3.18. The summed E-state index contributed by atoms with van der Waals surface area (Å²) in [5.41, 5.74) is 0.295. The Balaban J connectivity index is 2.06. The van der Waals surface area contributed by atoms with E-state index in [-0.39, 0.29) is 5.15 Å². The summed E-state index contributed by atoms with van der Waals surface area (Å²) in [7, 11) is 0. The summed E-state index contributed by atoms with van der Waals surface area (Å²) < 4.78 is 5.19. The van der Waals surface area contributed by atoms with E-state index in [0.717, 1.165) is 12.2 Å². The molecule has 2 heterocycles. The molecule has 0 bridgehead atoms. The molecule has 2 rings (SSSR count). The van der Waals surface area contributed by atoms with Gasteiger partial charge in [0, 0.05) is 19.0 Å². The van der Waals surface area contributed by atoms with Crippen LogP contribution in [0.5, 0.6) is 0 Å². The van der Waals surface area contributed by atoms with Crippen LogP contribution in [0, 0.1) is 11.3 Å². The van der Waals surface area contributed by atoms with Crippen molar-refractivity contribution in [2.24, 2.45) is 0 Å². The Hall–Kier alpha value is -1.86. The quantitative estimate of drug-likeness (QED) is 0.764. The predicted octanol–water partition coefficient (Wildman–Crippen LogP) is 2.38. The zero-order valence-electron chi connectivity index (χ0n) is 8.35. The lowest BCUT2D eigenvalue weighted by atomic mass is 10.2. The van der Waals surface area contributed by atoms with Gasteiger partial charge in [0.1, 0.15) is 23.2 Å². The van der Waals surface area contributed by atoms with Gasteiger partial charge in [0.25, 0.3) is 0 Å². The topological polar surface area (TPSA) is 62.7 Å². The Kier molecular flexibility index (Phi) is 3.18. The van der Waals surface area contributed by atoms with E-state index in [1.165, 1.54) is 6.20 Å².